The van der Waals surface area contributed by atoms with E-state index in [1.165, 1.54) is 6.21 Å². The van der Waals surface area contributed by atoms with Gasteiger partial charge in [0.15, 0.2) is 0 Å². The molecule has 0 aliphatic carbocycles. The van der Waals surface area contributed by atoms with E-state index in [0.29, 0.717) is 11.5 Å². The van der Waals surface area contributed by atoms with Gasteiger partial charge in [0.1, 0.15) is 30.8 Å². The van der Waals surface area contributed by atoms with Gasteiger partial charge in [-0.05, 0) is 90.6 Å². The van der Waals surface area contributed by atoms with Gasteiger partial charge < -0.3 is 20.0 Å². The number of aliphatic imine (C=N–C) groups is 2. The number of hydrogen-bond donors (Lipinski definition) is 2. The smallest absolute Gasteiger partial charge is 0.122 e. The summed E-state index contributed by atoms with van der Waals surface area (Å²) in [6.07, 6.45) is 2.27. The van der Waals surface area contributed by atoms with Crippen molar-refractivity contribution in [3.63, 3.8) is 0 Å². The zero-order chi connectivity index (χ0) is 21.2. The molecule has 152 valence electrons. The van der Waals surface area contributed by atoms with E-state index in [-0.39, 0.29) is 13.2 Å². The molecule has 0 amide bonds. The van der Waals surface area contributed by atoms with Crippen molar-refractivity contribution in [1.82, 2.24) is 0 Å². The van der Waals surface area contributed by atoms with Crippen LogP contribution in [0.5, 0.6) is 11.5 Å². The Labute approximate surface area is 175 Å². The largest absolute Gasteiger partial charge is 0.491 e. The van der Waals surface area contributed by atoms with Crippen molar-refractivity contribution >= 4 is 30.5 Å². The summed E-state index contributed by atoms with van der Waals surface area (Å²) in [4.78, 5) is 8.28. The first-order chi connectivity index (χ1) is 14.7. The first kappa shape index (κ1) is 21.0. The topological polar surface area (TPSA) is 87.3 Å². The van der Waals surface area contributed by atoms with E-state index in [1.54, 1.807) is 30.5 Å². The molecule has 0 radical (unpaired) electrons. The zero-order valence-corrected chi connectivity index (χ0v) is 16.4. The summed E-state index contributed by atoms with van der Waals surface area (Å²) < 4.78 is 11.1. The molecular formula is C24H23N3O3. The summed E-state index contributed by atoms with van der Waals surface area (Å²) in [7, 11) is 0. The fourth-order valence-corrected chi connectivity index (χ4v) is 2.54. The highest BCUT2D eigenvalue weighted by Crippen LogP contribution is 2.18. The second-order valence-corrected chi connectivity index (χ2v) is 6.49. The molecule has 0 spiro atoms. The SMILES string of the molecule is C=Nc1ccc(/N=C/c2ccc(OCC(O)COc3ccc(C=N)cc3)cc2)cc1. The molecule has 3 aromatic carbocycles. The van der Waals surface area contributed by atoms with Crippen molar-refractivity contribution in [3.05, 3.63) is 83.9 Å². The van der Waals surface area contributed by atoms with Gasteiger partial charge in [0.2, 0.25) is 0 Å². The summed E-state index contributed by atoms with van der Waals surface area (Å²) >= 11 is 0. The molecule has 0 saturated heterocycles. The molecule has 2 N–H and O–H groups in total. The first-order valence-electron chi connectivity index (χ1n) is 9.41. The van der Waals surface area contributed by atoms with Crippen LogP contribution in [0.2, 0.25) is 0 Å². The second kappa shape index (κ2) is 10.7. The molecule has 0 aromatic heterocycles. The van der Waals surface area contributed by atoms with Crippen molar-refractivity contribution in [2.45, 2.75) is 6.10 Å². The van der Waals surface area contributed by atoms with Gasteiger partial charge in [0, 0.05) is 12.4 Å². The van der Waals surface area contributed by atoms with Crippen LogP contribution in [-0.4, -0.2) is 43.6 Å². The van der Waals surface area contributed by atoms with Gasteiger partial charge in [-0.25, -0.2) is 0 Å². The Bertz CT molecular complexity index is 982. The number of aliphatic hydroxyl groups excluding tert-OH is 1. The fourth-order valence-electron chi connectivity index (χ4n) is 2.54. The number of ether oxygens (including phenoxy) is 2. The third-order valence-corrected chi connectivity index (χ3v) is 4.21. The highest BCUT2D eigenvalue weighted by atomic mass is 16.5. The van der Waals surface area contributed by atoms with Crippen LogP contribution in [0, 0.1) is 5.41 Å². The molecule has 0 aliphatic heterocycles. The van der Waals surface area contributed by atoms with Crippen LogP contribution in [0.1, 0.15) is 11.1 Å². The Morgan fingerprint density at radius 2 is 1.30 bits per heavy atom. The summed E-state index contributed by atoms with van der Waals surface area (Å²) in [5.41, 5.74) is 3.37. The standard InChI is InChI=1S/C24H23N3O3/c1-26-20-6-8-21(9-7-20)27-15-19-4-12-24(13-5-19)30-17-22(28)16-29-23-10-2-18(14-25)3-11-23/h2-15,22,25,28H,1,16-17H2/b25-14?,27-15+. The number of nitrogens with zero attached hydrogens (tertiary/aromatic N) is 2. The van der Waals surface area contributed by atoms with Crippen LogP contribution in [0.4, 0.5) is 11.4 Å². The van der Waals surface area contributed by atoms with Gasteiger partial charge in [-0.15, -0.1) is 0 Å². The van der Waals surface area contributed by atoms with Crippen molar-refractivity contribution in [2.75, 3.05) is 13.2 Å². The quantitative estimate of drug-likeness (QED) is 0.487. The molecular weight excluding hydrogens is 378 g/mol. The molecule has 0 bridgehead atoms. The minimum atomic E-state index is -0.762. The lowest BCUT2D eigenvalue weighted by molar-refractivity contribution is 0.0626. The van der Waals surface area contributed by atoms with Gasteiger partial charge in [-0.2, -0.15) is 0 Å². The predicted molar refractivity (Wildman–Crippen MR) is 121 cm³/mol. The van der Waals surface area contributed by atoms with Crippen LogP contribution < -0.4 is 9.47 Å². The molecule has 6 nitrogen and oxygen atoms in total. The molecule has 0 heterocycles. The van der Waals surface area contributed by atoms with Gasteiger partial charge in [0.25, 0.3) is 0 Å². The monoisotopic (exact) mass is 401 g/mol. The molecule has 1 atom stereocenters. The predicted octanol–water partition coefficient (Wildman–Crippen LogP) is 4.59. The van der Waals surface area contributed by atoms with E-state index in [0.717, 1.165) is 22.5 Å². The molecule has 0 aliphatic rings. The first-order valence-corrected chi connectivity index (χ1v) is 9.41. The maximum absolute atomic E-state index is 10.1. The van der Waals surface area contributed by atoms with E-state index >= 15 is 0 Å². The number of hydrogen-bond acceptors (Lipinski definition) is 6. The lowest BCUT2D eigenvalue weighted by Crippen LogP contribution is -2.25. The highest BCUT2D eigenvalue weighted by Gasteiger charge is 2.07. The second-order valence-electron chi connectivity index (χ2n) is 6.49. The maximum atomic E-state index is 10.1. The Balaban J connectivity index is 1.44. The van der Waals surface area contributed by atoms with E-state index < -0.39 is 6.10 Å². The van der Waals surface area contributed by atoms with Crippen molar-refractivity contribution in [1.29, 1.82) is 5.41 Å². The third kappa shape index (κ3) is 6.39. The Morgan fingerprint density at radius 1 is 0.800 bits per heavy atom. The average Bonchev–Trinajstić information content (AvgIpc) is 2.81. The van der Waals surface area contributed by atoms with Crippen molar-refractivity contribution < 1.29 is 14.6 Å². The van der Waals surface area contributed by atoms with Crippen molar-refractivity contribution in [3.8, 4) is 11.5 Å². The summed E-state index contributed by atoms with van der Waals surface area (Å²) in [6.45, 7) is 3.73. The van der Waals surface area contributed by atoms with E-state index in [1.807, 2.05) is 48.5 Å². The number of rotatable bonds is 10. The molecule has 3 rings (SSSR count). The number of nitrogens with one attached hydrogen (secondary N) is 1. The Kier molecular flexibility index (Phi) is 7.46. The minimum Gasteiger partial charge on any atom is -0.491 e. The van der Waals surface area contributed by atoms with Gasteiger partial charge >= 0.3 is 0 Å². The van der Waals surface area contributed by atoms with E-state index in [9.17, 15) is 5.11 Å². The normalized spacial score (nSPS) is 11.8. The van der Waals surface area contributed by atoms with Crippen molar-refractivity contribution in [2.24, 2.45) is 9.98 Å². The van der Waals surface area contributed by atoms with Gasteiger partial charge in [-0.3, -0.25) is 9.98 Å². The Morgan fingerprint density at radius 3 is 1.80 bits per heavy atom. The molecule has 0 saturated carbocycles. The zero-order valence-electron chi connectivity index (χ0n) is 16.4. The molecule has 1 unspecified atom stereocenters. The maximum Gasteiger partial charge on any atom is 0.122 e. The lowest BCUT2D eigenvalue weighted by atomic mass is 10.2. The fraction of sp³-hybridized carbons (Fsp3) is 0.125. The van der Waals surface area contributed by atoms with Crippen LogP contribution in [0.15, 0.2) is 82.8 Å². The molecule has 3 aromatic rings. The molecule has 0 fully saturated rings. The summed E-state index contributed by atoms with van der Waals surface area (Å²) in [5, 5.41) is 17.2. The summed E-state index contributed by atoms with van der Waals surface area (Å²) in [6, 6.07) is 22.0. The average molecular weight is 401 g/mol. The minimum absolute atomic E-state index is 0.120. The Hall–Kier alpha value is -3.77. The highest BCUT2D eigenvalue weighted by molar-refractivity contribution is 5.82. The van der Waals surface area contributed by atoms with E-state index in [2.05, 4.69) is 16.7 Å². The number of benzene rings is 3. The van der Waals surface area contributed by atoms with Gasteiger partial charge in [0.05, 0.1) is 11.4 Å². The molecule has 30 heavy (non-hydrogen) atoms. The molecule has 6 heteroatoms. The summed E-state index contributed by atoms with van der Waals surface area (Å²) in [5.74, 6) is 1.29. The van der Waals surface area contributed by atoms with Crippen LogP contribution in [0.3, 0.4) is 0 Å². The van der Waals surface area contributed by atoms with E-state index in [4.69, 9.17) is 14.9 Å². The lowest BCUT2D eigenvalue weighted by Gasteiger charge is -2.14. The number of aliphatic hydroxyl groups is 1. The van der Waals surface area contributed by atoms with Crippen LogP contribution >= 0.6 is 0 Å². The van der Waals surface area contributed by atoms with Crippen LogP contribution in [0.25, 0.3) is 0 Å². The third-order valence-electron chi connectivity index (χ3n) is 4.21. The van der Waals surface area contributed by atoms with Crippen LogP contribution in [-0.2, 0) is 0 Å². The van der Waals surface area contributed by atoms with Gasteiger partial charge in [-0.1, -0.05) is 0 Å².